The van der Waals surface area contributed by atoms with Crippen LogP contribution in [0.1, 0.15) is 45.4 Å². The van der Waals surface area contributed by atoms with E-state index >= 15 is 0 Å². The van der Waals surface area contributed by atoms with Crippen molar-refractivity contribution in [3.63, 3.8) is 0 Å². The van der Waals surface area contributed by atoms with Gasteiger partial charge in [0.1, 0.15) is 0 Å². The number of nitrogens with zero attached hydrogens (tertiary/aromatic N) is 4. The molecule has 4 heteroatoms. The average Bonchev–Trinajstić information content (AvgIpc) is 3.29. The van der Waals surface area contributed by atoms with Crippen LogP contribution in [-0.2, 0) is 0 Å². The fraction of sp³-hybridized carbons (Fsp3) is 1.00. The van der Waals surface area contributed by atoms with Crippen LogP contribution >= 0.6 is 0 Å². The molecule has 0 bridgehead atoms. The minimum Gasteiger partial charge on any atom is -0.304 e. The number of likely N-dealkylation sites (N-methyl/N-ethyl adjacent to an activating group) is 1. The first-order valence-corrected chi connectivity index (χ1v) is 10.6. The molecule has 0 spiro atoms. The van der Waals surface area contributed by atoms with Gasteiger partial charge in [0.2, 0.25) is 0 Å². The Hall–Kier alpha value is -0.160. The number of hydrogen-bond acceptors (Lipinski definition) is 4. The Labute approximate surface area is 149 Å². The molecule has 0 amide bonds. The van der Waals surface area contributed by atoms with Gasteiger partial charge in [0.15, 0.2) is 0 Å². The minimum atomic E-state index is 0.741. The molecule has 4 fully saturated rings. The predicted molar refractivity (Wildman–Crippen MR) is 100 cm³/mol. The number of likely N-dealkylation sites (tertiary alicyclic amines) is 2. The van der Waals surface area contributed by atoms with Crippen LogP contribution in [-0.4, -0.2) is 97.6 Å². The molecule has 1 saturated carbocycles. The highest BCUT2D eigenvalue weighted by Crippen LogP contribution is 2.50. The Morgan fingerprint density at radius 2 is 1.50 bits per heavy atom. The SMILES string of the molecule is CCCC1(CN2CCC(N3CC(N4CCN(C)CC4)C3)CC2)CC1. The van der Waals surface area contributed by atoms with E-state index in [9.17, 15) is 0 Å². The monoisotopic (exact) mass is 334 g/mol. The first-order valence-electron chi connectivity index (χ1n) is 10.6. The molecule has 4 aliphatic rings. The Balaban J connectivity index is 1.15. The van der Waals surface area contributed by atoms with E-state index in [1.54, 1.807) is 0 Å². The molecule has 0 N–H and O–H groups in total. The summed E-state index contributed by atoms with van der Waals surface area (Å²) in [5, 5.41) is 0. The first-order chi connectivity index (χ1) is 11.7. The van der Waals surface area contributed by atoms with E-state index in [4.69, 9.17) is 0 Å². The maximum atomic E-state index is 2.79. The number of piperidine rings is 1. The van der Waals surface area contributed by atoms with Crippen LogP contribution in [0.3, 0.4) is 0 Å². The van der Waals surface area contributed by atoms with Gasteiger partial charge in [-0.1, -0.05) is 13.3 Å². The molecule has 0 aromatic rings. The van der Waals surface area contributed by atoms with Gasteiger partial charge >= 0.3 is 0 Å². The van der Waals surface area contributed by atoms with Crippen LogP contribution in [0.15, 0.2) is 0 Å². The highest BCUT2D eigenvalue weighted by atomic mass is 15.4. The zero-order chi connectivity index (χ0) is 16.6. The van der Waals surface area contributed by atoms with E-state index in [0.29, 0.717) is 0 Å². The fourth-order valence-corrected chi connectivity index (χ4v) is 5.32. The molecule has 0 radical (unpaired) electrons. The van der Waals surface area contributed by atoms with Gasteiger partial charge in [-0.25, -0.2) is 0 Å². The third kappa shape index (κ3) is 3.82. The van der Waals surface area contributed by atoms with E-state index in [1.165, 1.54) is 97.4 Å². The quantitative estimate of drug-likeness (QED) is 0.736. The molecule has 138 valence electrons. The van der Waals surface area contributed by atoms with Crippen LogP contribution in [0.2, 0.25) is 0 Å². The van der Waals surface area contributed by atoms with Gasteiger partial charge < -0.3 is 9.80 Å². The number of rotatable bonds is 6. The average molecular weight is 335 g/mol. The van der Waals surface area contributed by atoms with Crippen LogP contribution in [0.5, 0.6) is 0 Å². The van der Waals surface area contributed by atoms with Crippen molar-refractivity contribution < 1.29 is 0 Å². The minimum absolute atomic E-state index is 0.741. The van der Waals surface area contributed by atoms with Crippen molar-refractivity contribution in [1.82, 2.24) is 19.6 Å². The maximum Gasteiger partial charge on any atom is 0.0351 e. The zero-order valence-electron chi connectivity index (χ0n) is 16.1. The molecule has 0 aromatic carbocycles. The lowest BCUT2D eigenvalue weighted by atomic mass is 9.94. The number of piperazine rings is 1. The maximum absolute atomic E-state index is 2.79. The van der Waals surface area contributed by atoms with Gasteiger partial charge in [0.05, 0.1) is 0 Å². The molecule has 3 heterocycles. The molecule has 4 nitrogen and oxygen atoms in total. The molecule has 3 aliphatic heterocycles. The lowest BCUT2D eigenvalue weighted by Gasteiger charge is -2.52. The second-order valence-corrected chi connectivity index (χ2v) is 9.20. The third-order valence-electron chi connectivity index (χ3n) is 7.31. The molecule has 1 aliphatic carbocycles. The largest absolute Gasteiger partial charge is 0.304 e. The summed E-state index contributed by atoms with van der Waals surface area (Å²) < 4.78 is 0. The van der Waals surface area contributed by atoms with E-state index in [1.807, 2.05) is 0 Å². The van der Waals surface area contributed by atoms with Crippen molar-refractivity contribution in [2.75, 3.05) is 66.0 Å². The van der Waals surface area contributed by atoms with Gasteiger partial charge in [0.25, 0.3) is 0 Å². The normalized spacial score (nSPS) is 31.2. The fourth-order valence-electron chi connectivity index (χ4n) is 5.32. The molecule has 3 saturated heterocycles. The summed E-state index contributed by atoms with van der Waals surface area (Å²) in [6, 6.07) is 1.74. The lowest BCUT2D eigenvalue weighted by Crippen LogP contribution is -2.65. The van der Waals surface area contributed by atoms with Crippen molar-refractivity contribution in [3.05, 3.63) is 0 Å². The molecule has 0 unspecified atom stereocenters. The molecule has 4 rings (SSSR count). The summed E-state index contributed by atoms with van der Waals surface area (Å²) in [6.45, 7) is 14.2. The van der Waals surface area contributed by atoms with Gasteiger partial charge in [-0.05, 0) is 57.7 Å². The Morgan fingerprint density at radius 1 is 0.833 bits per heavy atom. The standard InChI is InChI=1S/C20H38N4/c1-3-6-20(7-8-20)17-22-9-4-18(5-10-22)24-15-19(16-24)23-13-11-21(2)12-14-23/h18-19H,3-17H2,1-2H3. The first kappa shape index (κ1) is 17.3. The molecule has 0 atom stereocenters. The summed E-state index contributed by atoms with van der Waals surface area (Å²) in [5.74, 6) is 0. The summed E-state index contributed by atoms with van der Waals surface area (Å²) in [5.41, 5.74) is 0.741. The number of hydrogen-bond donors (Lipinski definition) is 0. The predicted octanol–water partition coefficient (Wildman–Crippen LogP) is 1.96. The van der Waals surface area contributed by atoms with Gasteiger partial charge in [0, 0.05) is 57.9 Å². The van der Waals surface area contributed by atoms with E-state index in [-0.39, 0.29) is 0 Å². The molecule has 0 aromatic heterocycles. The van der Waals surface area contributed by atoms with Crippen molar-refractivity contribution in [2.45, 2.75) is 57.5 Å². The van der Waals surface area contributed by atoms with Gasteiger partial charge in [-0.3, -0.25) is 9.80 Å². The Bertz CT molecular complexity index is 400. The summed E-state index contributed by atoms with van der Waals surface area (Å²) in [6.07, 6.45) is 8.66. The van der Waals surface area contributed by atoms with Crippen LogP contribution in [0.4, 0.5) is 0 Å². The van der Waals surface area contributed by atoms with Crippen molar-refractivity contribution in [1.29, 1.82) is 0 Å². The lowest BCUT2D eigenvalue weighted by molar-refractivity contribution is -0.0291. The van der Waals surface area contributed by atoms with E-state index < -0.39 is 0 Å². The van der Waals surface area contributed by atoms with Crippen molar-refractivity contribution >= 4 is 0 Å². The Kier molecular flexibility index (Phi) is 5.19. The van der Waals surface area contributed by atoms with Crippen LogP contribution in [0.25, 0.3) is 0 Å². The third-order valence-corrected chi connectivity index (χ3v) is 7.31. The smallest absolute Gasteiger partial charge is 0.0351 e. The summed E-state index contributed by atoms with van der Waals surface area (Å²) >= 11 is 0. The van der Waals surface area contributed by atoms with E-state index in [0.717, 1.165) is 17.5 Å². The van der Waals surface area contributed by atoms with E-state index in [2.05, 4.69) is 33.6 Å². The highest BCUT2D eigenvalue weighted by Gasteiger charge is 2.44. The van der Waals surface area contributed by atoms with Crippen LogP contribution < -0.4 is 0 Å². The van der Waals surface area contributed by atoms with Crippen molar-refractivity contribution in [2.24, 2.45) is 5.41 Å². The Morgan fingerprint density at radius 3 is 2.08 bits per heavy atom. The van der Waals surface area contributed by atoms with Gasteiger partial charge in [-0.2, -0.15) is 0 Å². The molecular weight excluding hydrogens is 296 g/mol. The van der Waals surface area contributed by atoms with Crippen LogP contribution in [0, 0.1) is 5.41 Å². The second kappa shape index (κ2) is 7.22. The molecule has 24 heavy (non-hydrogen) atoms. The highest BCUT2D eigenvalue weighted by molar-refractivity contribution is 4.98. The molecular formula is C20H38N4. The van der Waals surface area contributed by atoms with Crippen molar-refractivity contribution in [3.8, 4) is 0 Å². The van der Waals surface area contributed by atoms with Gasteiger partial charge in [-0.15, -0.1) is 0 Å². The zero-order valence-corrected chi connectivity index (χ0v) is 16.1. The second-order valence-electron chi connectivity index (χ2n) is 9.20. The summed E-state index contributed by atoms with van der Waals surface area (Å²) in [7, 11) is 2.25. The topological polar surface area (TPSA) is 13.0 Å². The summed E-state index contributed by atoms with van der Waals surface area (Å²) in [4.78, 5) is 10.8.